The summed E-state index contributed by atoms with van der Waals surface area (Å²) in [6.07, 6.45) is 0. The van der Waals surface area contributed by atoms with Crippen molar-refractivity contribution in [2.24, 2.45) is 0 Å². The molecular formula is C27H21N3O7S. The highest BCUT2D eigenvalue weighted by atomic mass is 32.1. The maximum absolute atomic E-state index is 13.4. The normalized spacial score (nSPS) is 16.7. The molecule has 0 aliphatic carbocycles. The average molecular weight is 532 g/mol. The predicted octanol–water partition coefficient (Wildman–Crippen LogP) is 5.24. The minimum absolute atomic E-state index is 0.198. The van der Waals surface area contributed by atoms with Crippen molar-refractivity contribution in [1.29, 1.82) is 0 Å². The molecule has 2 heterocycles. The van der Waals surface area contributed by atoms with Gasteiger partial charge in [-0.05, 0) is 55.0 Å². The number of fused-ring (bicyclic) bond motifs is 1. The van der Waals surface area contributed by atoms with E-state index in [9.17, 15) is 24.8 Å². The van der Waals surface area contributed by atoms with Crippen LogP contribution < -0.4 is 14.4 Å². The highest BCUT2D eigenvalue weighted by molar-refractivity contribution is 7.22. The number of hydrogen-bond donors (Lipinski definition) is 1. The molecule has 1 N–H and O–H groups in total. The quantitative estimate of drug-likeness (QED) is 0.113. The maximum Gasteiger partial charge on any atom is 0.301 e. The van der Waals surface area contributed by atoms with Crippen LogP contribution in [0.15, 0.2) is 72.3 Å². The Balaban J connectivity index is 1.70. The summed E-state index contributed by atoms with van der Waals surface area (Å²) in [7, 11) is 1.53. The zero-order chi connectivity index (χ0) is 27.0. The number of nitro benzene ring substituents is 1. The van der Waals surface area contributed by atoms with Crippen molar-refractivity contribution in [1.82, 2.24) is 4.98 Å². The summed E-state index contributed by atoms with van der Waals surface area (Å²) in [6.45, 7) is 2.30. The lowest BCUT2D eigenvalue weighted by atomic mass is 9.95. The van der Waals surface area contributed by atoms with Crippen molar-refractivity contribution in [3.63, 3.8) is 0 Å². The van der Waals surface area contributed by atoms with Crippen LogP contribution in [0.2, 0.25) is 0 Å². The van der Waals surface area contributed by atoms with Crippen molar-refractivity contribution < 1.29 is 29.1 Å². The molecule has 0 radical (unpaired) electrons. The molecule has 0 spiro atoms. The molecule has 4 aromatic rings. The molecule has 1 saturated heterocycles. The van der Waals surface area contributed by atoms with E-state index in [0.29, 0.717) is 28.3 Å². The van der Waals surface area contributed by atoms with Crippen molar-refractivity contribution in [3.05, 3.63) is 93.5 Å². The van der Waals surface area contributed by atoms with E-state index >= 15 is 0 Å². The first kappa shape index (κ1) is 24.9. The minimum Gasteiger partial charge on any atom is -0.507 e. The molecule has 38 heavy (non-hydrogen) atoms. The Kier molecular flexibility index (Phi) is 6.52. The van der Waals surface area contributed by atoms with E-state index in [1.807, 2.05) is 6.92 Å². The zero-order valence-corrected chi connectivity index (χ0v) is 21.1. The molecule has 1 aliphatic heterocycles. The van der Waals surface area contributed by atoms with Crippen LogP contribution in [0.3, 0.4) is 0 Å². The predicted molar refractivity (Wildman–Crippen MR) is 142 cm³/mol. The fourth-order valence-corrected chi connectivity index (χ4v) is 5.33. The number of anilines is 1. The van der Waals surface area contributed by atoms with Gasteiger partial charge < -0.3 is 14.6 Å². The van der Waals surface area contributed by atoms with Gasteiger partial charge >= 0.3 is 5.91 Å². The summed E-state index contributed by atoms with van der Waals surface area (Å²) in [5, 5.41) is 23.0. The number of carbonyl (C=O) groups is 2. The largest absolute Gasteiger partial charge is 0.507 e. The minimum atomic E-state index is -1.15. The van der Waals surface area contributed by atoms with Crippen LogP contribution in [0.5, 0.6) is 11.5 Å². The zero-order valence-electron chi connectivity index (χ0n) is 20.3. The van der Waals surface area contributed by atoms with E-state index in [1.54, 1.807) is 48.5 Å². The van der Waals surface area contributed by atoms with Gasteiger partial charge in [0.2, 0.25) is 0 Å². The molecular weight excluding hydrogens is 510 g/mol. The number of aliphatic hydroxyl groups is 1. The van der Waals surface area contributed by atoms with Crippen molar-refractivity contribution in [3.8, 4) is 11.5 Å². The monoisotopic (exact) mass is 531 g/mol. The number of non-ortho nitro benzene ring substituents is 1. The van der Waals surface area contributed by atoms with Gasteiger partial charge in [-0.1, -0.05) is 23.5 Å². The summed E-state index contributed by atoms with van der Waals surface area (Å²) in [5.41, 5.74) is 0.732. The van der Waals surface area contributed by atoms with Gasteiger partial charge in [0.1, 0.15) is 17.3 Å². The number of carbonyl (C=O) groups excluding carboxylic acids is 2. The van der Waals surface area contributed by atoms with Crippen LogP contribution in [-0.2, 0) is 9.59 Å². The summed E-state index contributed by atoms with van der Waals surface area (Å²) in [5.74, 6) is -1.07. The molecule has 1 amide bonds. The molecule has 11 heteroatoms. The topological polar surface area (TPSA) is 132 Å². The summed E-state index contributed by atoms with van der Waals surface area (Å²) >= 11 is 1.16. The van der Waals surface area contributed by atoms with Gasteiger partial charge in [-0.2, -0.15) is 0 Å². The number of rotatable bonds is 7. The molecule has 192 valence electrons. The molecule has 1 aromatic heterocycles. The van der Waals surface area contributed by atoms with Gasteiger partial charge in [-0.3, -0.25) is 24.6 Å². The Labute approximate surface area is 220 Å². The first-order valence-corrected chi connectivity index (χ1v) is 12.4. The number of aromatic nitrogens is 1. The number of benzene rings is 3. The third-order valence-electron chi connectivity index (χ3n) is 6.07. The summed E-state index contributed by atoms with van der Waals surface area (Å²) in [4.78, 5) is 43.5. The number of ether oxygens (including phenoxy) is 2. The van der Waals surface area contributed by atoms with E-state index in [1.165, 1.54) is 30.2 Å². The second-order valence-corrected chi connectivity index (χ2v) is 9.32. The third-order valence-corrected chi connectivity index (χ3v) is 7.09. The highest BCUT2D eigenvalue weighted by Crippen LogP contribution is 2.45. The fraction of sp³-hybridized carbons (Fsp3) is 0.148. The van der Waals surface area contributed by atoms with E-state index in [0.717, 1.165) is 11.3 Å². The smallest absolute Gasteiger partial charge is 0.301 e. The van der Waals surface area contributed by atoms with Gasteiger partial charge in [0.25, 0.3) is 11.5 Å². The average Bonchev–Trinajstić information content (AvgIpc) is 3.46. The lowest BCUT2D eigenvalue weighted by Gasteiger charge is -2.22. The van der Waals surface area contributed by atoms with Crippen molar-refractivity contribution >= 4 is 49.8 Å². The summed E-state index contributed by atoms with van der Waals surface area (Å²) < 4.78 is 11.4. The van der Waals surface area contributed by atoms with Gasteiger partial charge in [-0.25, -0.2) is 4.98 Å². The Morgan fingerprint density at radius 3 is 2.53 bits per heavy atom. The number of hydrogen-bond acceptors (Lipinski definition) is 9. The van der Waals surface area contributed by atoms with E-state index in [4.69, 9.17) is 9.47 Å². The van der Waals surface area contributed by atoms with E-state index < -0.39 is 28.4 Å². The fourth-order valence-electron chi connectivity index (χ4n) is 4.31. The van der Waals surface area contributed by atoms with Crippen LogP contribution in [0.4, 0.5) is 10.8 Å². The van der Waals surface area contributed by atoms with Crippen LogP contribution in [0.1, 0.15) is 24.1 Å². The molecule has 1 aliphatic rings. The van der Waals surface area contributed by atoms with Crippen molar-refractivity contribution in [2.45, 2.75) is 13.0 Å². The number of methoxy groups -OCH3 is 1. The second-order valence-electron chi connectivity index (χ2n) is 8.31. The van der Waals surface area contributed by atoms with Crippen LogP contribution in [0, 0.1) is 10.1 Å². The van der Waals surface area contributed by atoms with Crippen molar-refractivity contribution in [2.75, 3.05) is 18.6 Å². The Morgan fingerprint density at radius 1 is 1.11 bits per heavy atom. The number of nitrogens with zero attached hydrogens (tertiary/aromatic N) is 3. The lowest BCUT2D eigenvalue weighted by Crippen LogP contribution is -2.29. The molecule has 0 saturated carbocycles. The lowest BCUT2D eigenvalue weighted by molar-refractivity contribution is -0.384. The molecule has 1 atom stereocenters. The molecule has 3 aromatic carbocycles. The summed E-state index contributed by atoms with van der Waals surface area (Å²) in [6, 6.07) is 16.1. The maximum atomic E-state index is 13.4. The van der Waals surface area contributed by atoms with Crippen LogP contribution in [-0.4, -0.2) is 40.4 Å². The van der Waals surface area contributed by atoms with E-state index in [-0.39, 0.29) is 27.5 Å². The highest BCUT2D eigenvalue weighted by Gasteiger charge is 2.48. The van der Waals surface area contributed by atoms with E-state index in [2.05, 4.69) is 4.98 Å². The van der Waals surface area contributed by atoms with Gasteiger partial charge in [0.15, 0.2) is 5.13 Å². The second kappa shape index (κ2) is 9.94. The molecule has 5 rings (SSSR count). The SMILES string of the molecule is CCOc1ccc(C(O)=C2C(=O)C(=O)N(c3nc4ccc(OC)cc4s3)[C@H]2c2cccc([N+](=O)[O-])c2)cc1. The number of ketones is 1. The third kappa shape index (κ3) is 4.33. The van der Waals surface area contributed by atoms with Gasteiger partial charge in [0, 0.05) is 17.7 Å². The van der Waals surface area contributed by atoms with Gasteiger partial charge in [0.05, 0.1) is 40.5 Å². The first-order valence-electron chi connectivity index (χ1n) is 11.6. The molecule has 1 fully saturated rings. The number of nitro groups is 1. The Bertz CT molecular complexity index is 1610. The number of aliphatic hydroxyl groups excluding tert-OH is 1. The molecule has 0 bridgehead atoms. The van der Waals surface area contributed by atoms with Crippen LogP contribution >= 0.6 is 11.3 Å². The number of amides is 1. The number of thiazole rings is 1. The van der Waals surface area contributed by atoms with Gasteiger partial charge in [-0.15, -0.1) is 0 Å². The van der Waals surface area contributed by atoms with Crippen LogP contribution in [0.25, 0.3) is 16.0 Å². The standard InChI is InChI=1S/C27H21N3O7S/c1-3-37-18-9-7-15(8-10-18)24(31)22-23(16-5-4-6-17(13-16)30(34)35)29(26(33)25(22)32)27-28-20-12-11-19(36-2)14-21(20)38-27/h4-14,23,31H,3H2,1-2H3/t23-/m0/s1. The Hall–Kier alpha value is -4.77. The first-order chi connectivity index (χ1) is 18.3. The molecule has 10 nitrogen and oxygen atoms in total. The number of Topliss-reactive ketones (excluding diaryl/α,β-unsaturated/α-hetero) is 1. The Morgan fingerprint density at radius 2 is 1.84 bits per heavy atom. The molecule has 0 unspecified atom stereocenters.